The Morgan fingerprint density at radius 2 is 2.16 bits per heavy atom. The predicted molar refractivity (Wildman–Crippen MR) is 79.6 cm³/mol. The minimum atomic E-state index is 0.272. The number of methoxy groups -OCH3 is 1. The molecule has 1 N–H and O–H groups in total. The fraction of sp³-hybridized carbons (Fsp3) is 0.786. The average molecular weight is 268 g/mol. The minimum Gasteiger partial charge on any atom is -0.383 e. The van der Waals surface area contributed by atoms with Crippen molar-refractivity contribution in [1.82, 2.24) is 14.5 Å². The number of rotatable bonds is 10. The van der Waals surface area contributed by atoms with Crippen LogP contribution in [0.25, 0.3) is 0 Å². The van der Waals surface area contributed by atoms with Gasteiger partial charge in [0.1, 0.15) is 0 Å². The van der Waals surface area contributed by atoms with Gasteiger partial charge in [0.25, 0.3) is 0 Å². The summed E-state index contributed by atoms with van der Waals surface area (Å²) in [5.74, 6) is 0.934. The van der Waals surface area contributed by atoms with E-state index in [1.54, 1.807) is 7.11 Å². The normalized spacial score (nSPS) is 12.9. The second kappa shape index (κ2) is 8.93. The lowest BCUT2D eigenvalue weighted by Gasteiger charge is -2.19. The molecule has 110 valence electrons. The third-order valence-electron chi connectivity index (χ3n) is 3.28. The van der Waals surface area contributed by atoms with Crippen LogP contribution in [-0.4, -0.2) is 53.8 Å². The smallest absolute Gasteiger partial charge is 0.203 e. The molecular weight excluding hydrogens is 240 g/mol. The molecule has 1 aromatic rings. The van der Waals surface area contributed by atoms with E-state index in [-0.39, 0.29) is 6.04 Å². The Bertz CT molecular complexity index is 336. The van der Waals surface area contributed by atoms with Crippen LogP contribution >= 0.6 is 0 Å². The Morgan fingerprint density at radius 3 is 2.79 bits per heavy atom. The first-order valence-electron chi connectivity index (χ1n) is 7.20. The average Bonchev–Trinajstić information content (AvgIpc) is 2.82. The van der Waals surface area contributed by atoms with E-state index in [9.17, 15) is 0 Å². The summed E-state index contributed by atoms with van der Waals surface area (Å²) in [7, 11) is 1.72. The van der Waals surface area contributed by atoms with Crippen LogP contribution in [0.2, 0.25) is 0 Å². The molecule has 0 bridgehead atoms. The highest BCUT2D eigenvalue weighted by molar-refractivity contribution is 5.27. The van der Waals surface area contributed by atoms with E-state index < -0.39 is 0 Å². The summed E-state index contributed by atoms with van der Waals surface area (Å²) in [5, 5.41) is 3.37. The molecule has 0 saturated heterocycles. The summed E-state index contributed by atoms with van der Waals surface area (Å²) in [6.07, 6.45) is 5.02. The highest BCUT2D eigenvalue weighted by Crippen LogP contribution is 2.07. The second-order valence-electron chi connectivity index (χ2n) is 4.83. The molecule has 0 saturated carbocycles. The predicted octanol–water partition coefficient (Wildman–Crippen LogP) is 2.06. The molecular formula is C14H28N4O. The Morgan fingerprint density at radius 1 is 1.42 bits per heavy atom. The number of nitrogens with one attached hydrogen (secondary N) is 1. The maximum Gasteiger partial charge on any atom is 0.203 e. The molecule has 0 aromatic carbocycles. The van der Waals surface area contributed by atoms with E-state index in [1.165, 1.54) is 0 Å². The van der Waals surface area contributed by atoms with Gasteiger partial charge in [0.05, 0.1) is 6.61 Å². The quantitative estimate of drug-likeness (QED) is 0.705. The van der Waals surface area contributed by atoms with Gasteiger partial charge in [-0.15, -0.1) is 0 Å². The summed E-state index contributed by atoms with van der Waals surface area (Å²) in [5.41, 5.74) is 0. The SMILES string of the molecule is CCN(CC)CCCn1ccnc1NC(C)COC. The molecule has 0 aliphatic carbocycles. The van der Waals surface area contributed by atoms with E-state index in [0.29, 0.717) is 6.61 Å². The summed E-state index contributed by atoms with van der Waals surface area (Å²) < 4.78 is 7.30. The number of aromatic nitrogens is 2. The van der Waals surface area contributed by atoms with Gasteiger partial charge in [-0.05, 0) is 33.0 Å². The van der Waals surface area contributed by atoms with Crippen molar-refractivity contribution in [3.05, 3.63) is 12.4 Å². The zero-order valence-electron chi connectivity index (χ0n) is 12.7. The first-order valence-corrected chi connectivity index (χ1v) is 7.20. The van der Waals surface area contributed by atoms with E-state index in [1.807, 2.05) is 12.4 Å². The molecule has 5 heteroatoms. The Labute approximate surface area is 117 Å². The van der Waals surface area contributed by atoms with Crippen molar-refractivity contribution in [1.29, 1.82) is 0 Å². The lowest BCUT2D eigenvalue weighted by molar-refractivity contribution is 0.190. The van der Waals surface area contributed by atoms with Gasteiger partial charge in [-0.3, -0.25) is 0 Å². The summed E-state index contributed by atoms with van der Waals surface area (Å²) in [4.78, 5) is 6.80. The molecule has 19 heavy (non-hydrogen) atoms. The van der Waals surface area contributed by atoms with Crippen molar-refractivity contribution in [3.63, 3.8) is 0 Å². The lowest BCUT2D eigenvalue weighted by atomic mass is 10.3. The highest BCUT2D eigenvalue weighted by Gasteiger charge is 2.07. The van der Waals surface area contributed by atoms with Crippen LogP contribution < -0.4 is 5.32 Å². The number of hydrogen-bond donors (Lipinski definition) is 1. The number of anilines is 1. The zero-order chi connectivity index (χ0) is 14.1. The Hall–Kier alpha value is -1.07. The molecule has 0 spiro atoms. The van der Waals surface area contributed by atoms with Gasteiger partial charge in [-0.2, -0.15) is 0 Å². The molecule has 1 rings (SSSR count). The highest BCUT2D eigenvalue weighted by atomic mass is 16.5. The maximum atomic E-state index is 5.13. The molecule has 1 unspecified atom stereocenters. The third kappa shape index (κ3) is 5.61. The van der Waals surface area contributed by atoms with Crippen LogP contribution in [0.1, 0.15) is 27.2 Å². The zero-order valence-corrected chi connectivity index (χ0v) is 12.7. The summed E-state index contributed by atoms with van der Waals surface area (Å²) in [6, 6.07) is 0.272. The molecule has 0 aliphatic rings. The molecule has 1 atom stereocenters. The van der Waals surface area contributed by atoms with E-state index >= 15 is 0 Å². The van der Waals surface area contributed by atoms with Gasteiger partial charge in [-0.25, -0.2) is 4.98 Å². The van der Waals surface area contributed by atoms with Crippen molar-refractivity contribution in [3.8, 4) is 0 Å². The van der Waals surface area contributed by atoms with Crippen molar-refractivity contribution < 1.29 is 4.74 Å². The van der Waals surface area contributed by atoms with Crippen LogP contribution in [0.4, 0.5) is 5.95 Å². The fourth-order valence-corrected chi connectivity index (χ4v) is 2.15. The van der Waals surface area contributed by atoms with Gasteiger partial charge in [0.15, 0.2) is 0 Å². The molecule has 0 fully saturated rings. The molecule has 0 amide bonds. The van der Waals surface area contributed by atoms with Crippen LogP contribution in [0, 0.1) is 0 Å². The second-order valence-corrected chi connectivity index (χ2v) is 4.83. The molecule has 0 aliphatic heterocycles. The van der Waals surface area contributed by atoms with Crippen LogP contribution in [-0.2, 0) is 11.3 Å². The number of aryl methyl sites for hydroxylation is 1. The largest absolute Gasteiger partial charge is 0.383 e. The third-order valence-corrected chi connectivity index (χ3v) is 3.28. The first kappa shape index (κ1) is 16.0. The van der Waals surface area contributed by atoms with Gasteiger partial charge < -0.3 is 19.5 Å². The summed E-state index contributed by atoms with van der Waals surface area (Å²) >= 11 is 0. The Kier molecular flexibility index (Phi) is 7.52. The van der Waals surface area contributed by atoms with Crippen LogP contribution in [0.3, 0.4) is 0 Å². The van der Waals surface area contributed by atoms with Crippen molar-refractivity contribution in [2.75, 3.05) is 38.7 Å². The van der Waals surface area contributed by atoms with Crippen molar-refractivity contribution in [2.24, 2.45) is 0 Å². The topological polar surface area (TPSA) is 42.3 Å². The molecule has 0 radical (unpaired) electrons. The number of ether oxygens (including phenoxy) is 1. The van der Waals surface area contributed by atoms with E-state index in [2.05, 4.69) is 40.5 Å². The van der Waals surface area contributed by atoms with E-state index in [4.69, 9.17) is 4.74 Å². The fourth-order valence-electron chi connectivity index (χ4n) is 2.15. The van der Waals surface area contributed by atoms with Crippen molar-refractivity contribution in [2.45, 2.75) is 39.8 Å². The van der Waals surface area contributed by atoms with Crippen LogP contribution in [0.5, 0.6) is 0 Å². The molecule has 5 nitrogen and oxygen atoms in total. The van der Waals surface area contributed by atoms with Gasteiger partial charge in [0.2, 0.25) is 5.95 Å². The monoisotopic (exact) mass is 268 g/mol. The lowest BCUT2D eigenvalue weighted by Crippen LogP contribution is -2.26. The van der Waals surface area contributed by atoms with Crippen molar-refractivity contribution >= 4 is 5.95 Å². The Balaban J connectivity index is 2.40. The first-order chi connectivity index (χ1) is 9.21. The number of hydrogen-bond acceptors (Lipinski definition) is 4. The van der Waals surface area contributed by atoms with Gasteiger partial charge >= 0.3 is 0 Å². The standard InChI is InChI=1S/C14H28N4O/c1-5-17(6-2)9-7-10-18-11-8-15-14(18)16-13(3)12-19-4/h8,11,13H,5-7,9-10,12H2,1-4H3,(H,15,16). The van der Waals surface area contributed by atoms with Gasteiger partial charge in [0, 0.05) is 32.1 Å². The maximum absolute atomic E-state index is 5.13. The van der Waals surface area contributed by atoms with E-state index in [0.717, 1.165) is 38.5 Å². The number of imidazole rings is 1. The summed E-state index contributed by atoms with van der Waals surface area (Å²) in [6.45, 7) is 11.6. The number of nitrogens with zero attached hydrogens (tertiary/aromatic N) is 3. The van der Waals surface area contributed by atoms with Gasteiger partial charge in [-0.1, -0.05) is 13.8 Å². The minimum absolute atomic E-state index is 0.272. The van der Waals surface area contributed by atoms with Crippen LogP contribution in [0.15, 0.2) is 12.4 Å². The molecule has 1 heterocycles. The molecule has 1 aromatic heterocycles.